The number of anilines is 1. The molecule has 0 spiro atoms. The molecule has 0 heterocycles. The maximum Gasteiger partial charge on any atom is 0.422 e. The fourth-order valence-corrected chi connectivity index (χ4v) is 1.65. The summed E-state index contributed by atoms with van der Waals surface area (Å²) in [5, 5.41) is 4.75. The Labute approximate surface area is 143 Å². The number of hydrogen-bond donors (Lipinski definition) is 2. The highest BCUT2D eigenvalue weighted by molar-refractivity contribution is 5.97. The quantitative estimate of drug-likeness (QED) is 0.841. The predicted molar refractivity (Wildman–Crippen MR) is 85.5 cm³/mol. The predicted octanol–water partition coefficient (Wildman–Crippen LogP) is 3.48. The normalized spacial score (nSPS) is 12.9. The van der Waals surface area contributed by atoms with Gasteiger partial charge in [-0.2, -0.15) is 13.2 Å². The van der Waals surface area contributed by atoms with Crippen LogP contribution in [0.3, 0.4) is 0 Å². The number of rotatable bonds is 5. The van der Waals surface area contributed by atoms with E-state index >= 15 is 0 Å². The second-order valence-corrected chi connectivity index (χ2v) is 6.26. The Hall–Kier alpha value is -2.45. The molecule has 0 aliphatic heterocycles. The molecule has 0 fully saturated rings. The van der Waals surface area contributed by atoms with Crippen LogP contribution < -0.4 is 15.4 Å². The van der Waals surface area contributed by atoms with Crippen molar-refractivity contribution in [3.63, 3.8) is 0 Å². The van der Waals surface area contributed by atoms with Gasteiger partial charge in [0.05, 0.1) is 5.69 Å². The third-order valence-electron chi connectivity index (χ3n) is 2.66. The van der Waals surface area contributed by atoms with Gasteiger partial charge < -0.3 is 20.1 Å². The molecule has 0 saturated heterocycles. The van der Waals surface area contributed by atoms with E-state index in [0.717, 1.165) is 0 Å². The van der Waals surface area contributed by atoms with Crippen molar-refractivity contribution < 1.29 is 32.2 Å². The van der Waals surface area contributed by atoms with E-state index in [-0.39, 0.29) is 11.4 Å². The van der Waals surface area contributed by atoms with Gasteiger partial charge in [0.15, 0.2) is 6.61 Å². The van der Waals surface area contributed by atoms with Gasteiger partial charge in [0.1, 0.15) is 17.4 Å². The van der Waals surface area contributed by atoms with Crippen molar-refractivity contribution in [2.45, 2.75) is 45.5 Å². The van der Waals surface area contributed by atoms with Crippen LogP contribution >= 0.6 is 0 Å². The Balaban J connectivity index is 2.69. The number of ether oxygens (including phenoxy) is 2. The van der Waals surface area contributed by atoms with Gasteiger partial charge in [-0.3, -0.25) is 4.79 Å². The van der Waals surface area contributed by atoms with Crippen LogP contribution in [0, 0.1) is 0 Å². The summed E-state index contributed by atoms with van der Waals surface area (Å²) in [5.41, 5.74) is -0.659. The van der Waals surface area contributed by atoms with Gasteiger partial charge in [-0.25, -0.2) is 4.79 Å². The highest BCUT2D eigenvalue weighted by Gasteiger charge is 2.29. The summed E-state index contributed by atoms with van der Waals surface area (Å²) < 4.78 is 46.5. The Morgan fingerprint density at radius 1 is 1.16 bits per heavy atom. The summed E-state index contributed by atoms with van der Waals surface area (Å²) in [7, 11) is 0. The topological polar surface area (TPSA) is 76.7 Å². The SMILES string of the molecule is C[C@@H](NC(=O)OC(C)(C)C)C(=O)Nc1ccccc1OCC(F)(F)F. The molecule has 0 unspecified atom stereocenters. The molecule has 0 aromatic heterocycles. The number of para-hydroxylation sites is 2. The molecule has 0 aliphatic carbocycles. The van der Waals surface area contributed by atoms with E-state index < -0.39 is 36.4 Å². The number of hydrogen-bond acceptors (Lipinski definition) is 4. The van der Waals surface area contributed by atoms with Crippen molar-refractivity contribution in [3.8, 4) is 5.75 Å². The van der Waals surface area contributed by atoms with Gasteiger partial charge >= 0.3 is 12.3 Å². The molecular formula is C16H21F3N2O4. The molecule has 25 heavy (non-hydrogen) atoms. The van der Waals surface area contributed by atoms with Crippen LogP contribution in [0.2, 0.25) is 0 Å². The molecule has 1 atom stereocenters. The summed E-state index contributed by atoms with van der Waals surface area (Å²) >= 11 is 0. The molecule has 0 radical (unpaired) electrons. The highest BCUT2D eigenvalue weighted by Crippen LogP contribution is 2.26. The first kappa shape index (κ1) is 20.6. The van der Waals surface area contributed by atoms with Gasteiger partial charge in [0, 0.05) is 0 Å². The van der Waals surface area contributed by atoms with E-state index in [1.165, 1.54) is 31.2 Å². The van der Waals surface area contributed by atoms with Crippen LogP contribution in [0.5, 0.6) is 5.75 Å². The molecule has 1 aromatic rings. The first-order chi connectivity index (χ1) is 11.4. The van der Waals surface area contributed by atoms with Crippen molar-refractivity contribution >= 4 is 17.7 Å². The van der Waals surface area contributed by atoms with Crippen molar-refractivity contribution in [3.05, 3.63) is 24.3 Å². The molecule has 2 amide bonds. The van der Waals surface area contributed by atoms with E-state index in [9.17, 15) is 22.8 Å². The minimum atomic E-state index is -4.50. The molecule has 6 nitrogen and oxygen atoms in total. The highest BCUT2D eigenvalue weighted by atomic mass is 19.4. The van der Waals surface area contributed by atoms with E-state index in [0.29, 0.717) is 0 Å². The zero-order chi connectivity index (χ0) is 19.3. The lowest BCUT2D eigenvalue weighted by Gasteiger charge is -2.22. The lowest BCUT2D eigenvalue weighted by molar-refractivity contribution is -0.153. The summed E-state index contributed by atoms with van der Waals surface area (Å²) in [4.78, 5) is 23.8. The minimum absolute atomic E-state index is 0.0644. The molecule has 140 valence electrons. The smallest absolute Gasteiger partial charge is 0.422 e. The summed E-state index contributed by atoms with van der Waals surface area (Å²) in [6.07, 6.45) is -5.28. The number of alkyl carbamates (subject to hydrolysis) is 1. The summed E-state index contributed by atoms with van der Waals surface area (Å²) in [5.74, 6) is -0.758. The maximum absolute atomic E-state index is 12.3. The molecular weight excluding hydrogens is 341 g/mol. The van der Waals surface area contributed by atoms with Crippen molar-refractivity contribution in [1.82, 2.24) is 5.32 Å². The van der Waals surface area contributed by atoms with Crippen LogP contribution in [0.4, 0.5) is 23.7 Å². The Morgan fingerprint density at radius 2 is 1.76 bits per heavy atom. The molecule has 1 aromatic carbocycles. The molecule has 2 N–H and O–H groups in total. The van der Waals surface area contributed by atoms with E-state index in [2.05, 4.69) is 15.4 Å². The number of benzene rings is 1. The van der Waals surface area contributed by atoms with Gasteiger partial charge in [-0.05, 0) is 39.8 Å². The average molecular weight is 362 g/mol. The Morgan fingerprint density at radius 3 is 2.32 bits per heavy atom. The van der Waals surface area contributed by atoms with Crippen LogP contribution in [0.15, 0.2) is 24.3 Å². The first-order valence-corrected chi connectivity index (χ1v) is 7.46. The molecule has 1 rings (SSSR count). The Bertz CT molecular complexity index is 612. The van der Waals surface area contributed by atoms with E-state index in [1.807, 2.05) is 0 Å². The average Bonchev–Trinajstić information content (AvgIpc) is 2.43. The fraction of sp³-hybridized carbons (Fsp3) is 0.500. The number of nitrogens with one attached hydrogen (secondary N) is 2. The first-order valence-electron chi connectivity index (χ1n) is 7.46. The number of alkyl halides is 3. The van der Waals surface area contributed by atoms with Crippen molar-refractivity contribution in [2.75, 3.05) is 11.9 Å². The zero-order valence-corrected chi connectivity index (χ0v) is 14.4. The summed E-state index contributed by atoms with van der Waals surface area (Å²) in [6, 6.07) is 4.73. The third kappa shape index (κ3) is 8.27. The third-order valence-corrected chi connectivity index (χ3v) is 2.66. The monoisotopic (exact) mass is 362 g/mol. The number of carbonyl (C=O) groups excluding carboxylic acids is 2. The van der Waals surface area contributed by atoms with Crippen LogP contribution in [0.1, 0.15) is 27.7 Å². The van der Waals surface area contributed by atoms with Crippen LogP contribution in [-0.2, 0) is 9.53 Å². The molecule has 0 bridgehead atoms. The van der Waals surface area contributed by atoms with Crippen molar-refractivity contribution in [1.29, 1.82) is 0 Å². The van der Waals surface area contributed by atoms with Crippen LogP contribution in [-0.4, -0.2) is 36.4 Å². The second kappa shape index (κ2) is 8.09. The number of amides is 2. The second-order valence-electron chi connectivity index (χ2n) is 6.26. The standard InChI is InChI=1S/C16H21F3N2O4/c1-10(20-14(23)25-15(2,3)4)13(22)21-11-7-5-6-8-12(11)24-9-16(17,18)19/h5-8,10H,9H2,1-4H3,(H,20,23)(H,21,22)/t10-/m1/s1. The number of halogens is 3. The lowest BCUT2D eigenvalue weighted by Crippen LogP contribution is -2.44. The maximum atomic E-state index is 12.3. The molecule has 0 aliphatic rings. The zero-order valence-electron chi connectivity index (χ0n) is 14.4. The molecule has 0 saturated carbocycles. The van der Waals surface area contributed by atoms with Gasteiger partial charge in [0.2, 0.25) is 5.91 Å². The Kier molecular flexibility index (Phi) is 6.66. The lowest BCUT2D eigenvalue weighted by atomic mass is 10.2. The minimum Gasteiger partial charge on any atom is -0.482 e. The molecule has 9 heteroatoms. The summed E-state index contributed by atoms with van der Waals surface area (Å²) in [6.45, 7) is 4.95. The van der Waals surface area contributed by atoms with Gasteiger partial charge in [-0.1, -0.05) is 12.1 Å². The fourth-order valence-electron chi connectivity index (χ4n) is 1.65. The van der Waals surface area contributed by atoms with E-state index in [1.54, 1.807) is 20.8 Å². The van der Waals surface area contributed by atoms with Crippen LogP contribution in [0.25, 0.3) is 0 Å². The van der Waals surface area contributed by atoms with E-state index in [4.69, 9.17) is 4.74 Å². The van der Waals surface area contributed by atoms with Gasteiger partial charge in [-0.15, -0.1) is 0 Å². The van der Waals surface area contributed by atoms with Gasteiger partial charge in [0.25, 0.3) is 0 Å². The largest absolute Gasteiger partial charge is 0.482 e. The number of carbonyl (C=O) groups is 2. The van der Waals surface area contributed by atoms with Crippen molar-refractivity contribution in [2.24, 2.45) is 0 Å².